The number of anilines is 1. The van der Waals surface area contributed by atoms with E-state index in [1.807, 2.05) is 18.2 Å². The number of nitrogens with one attached hydrogen (secondary N) is 2. The van der Waals surface area contributed by atoms with Gasteiger partial charge in [0.2, 0.25) is 0 Å². The van der Waals surface area contributed by atoms with E-state index in [-0.39, 0.29) is 18.0 Å². The molecule has 0 spiro atoms. The summed E-state index contributed by atoms with van der Waals surface area (Å²) in [6.45, 7) is 12.2. The molecule has 1 aliphatic heterocycles. The quantitative estimate of drug-likeness (QED) is 0.345. The number of piperazine rings is 1. The van der Waals surface area contributed by atoms with E-state index in [9.17, 15) is 9.18 Å². The standard InChI is InChI=1S/C32H41FN6O2/c1-19-17-39(13-12-34-19)31(37-27-15-21-14-26(20(27)2)32(21,3)4)35-23-8-11-25-28(16-23)36-29(38(5)30(25)40)18-41-24-9-6-22(33)7-10-24/h6-11,16,19-21,26-27,34H,12-15,17-18H2,1-5H3,(H,35,37). The van der Waals surface area contributed by atoms with Gasteiger partial charge in [-0.1, -0.05) is 20.8 Å². The molecule has 5 unspecified atom stereocenters. The van der Waals surface area contributed by atoms with Crippen LogP contribution in [0, 0.1) is 29.0 Å². The molecule has 218 valence electrons. The summed E-state index contributed by atoms with van der Waals surface area (Å²) < 4.78 is 20.6. The molecule has 2 N–H and O–H groups in total. The first-order valence-corrected chi connectivity index (χ1v) is 14.8. The molecule has 0 amide bonds. The number of halogens is 1. The van der Waals surface area contributed by atoms with E-state index in [0.29, 0.717) is 45.9 Å². The van der Waals surface area contributed by atoms with Crippen molar-refractivity contribution < 1.29 is 9.13 Å². The minimum atomic E-state index is -0.328. The number of rotatable bonds is 5. The Morgan fingerprint density at radius 2 is 1.98 bits per heavy atom. The van der Waals surface area contributed by atoms with Crippen LogP contribution in [0.3, 0.4) is 0 Å². The molecule has 3 aliphatic carbocycles. The Morgan fingerprint density at radius 1 is 1.20 bits per heavy atom. The number of ether oxygens (including phenoxy) is 1. The minimum Gasteiger partial charge on any atom is -0.486 e. The van der Waals surface area contributed by atoms with Crippen molar-refractivity contribution in [2.45, 2.75) is 59.2 Å². The fraction of sp³-hybridized carbons (Fsp3) is 0.531. The highest BCUT2D eigenvalue weighted by atomic mass is 19.1. The first kappa shape index (κ1) is 27.7. The second kappa shape index (κ2) is 10.7. The Kier molecular flexibility index (Phi) is 7.26. The number of hydrogen-bond acceptors (Lipinski definition) is 5. The lowest BCUT2D eigenvalue weighted by atomic mass is 9.45. The monoisotopic (exact) mass is 560 g/mol. The molecule has 8 nitrogen and oxygen atoms in total. The third-order valence-corrected chi connectivity index (χ3v) is 9.88. The SMILES string of the molecule is CC1CN(C(=NC2CC3CC(C2C)C3(C)C)Nc2ccc3c(=O)n(C)c(COc4ccc(F)cc4)nc3c2)CCN1. The van der Waals surface area contributed by atoms with Crippen LogP contribution in [0.4, 0.5) is 10.1 Å². The third kappa shape index (κ3) is 5.32. The summed E-state index contributed by atoms with van der Waals surface area (Å²) in [7, 11) is 1.69. The maximum atomic E-state index is 13.3. The van der Waals surface area contributed by atoms with Crippen molar-refractivity contribution in [3.05, 3.63) is 64.5 Å². The normalized spacial score (nSPS) is 27.4. The molecule has 4 fully saturated rings. The van der Waals surface area contributed by atoms with E-state index in [1.54, 1.807) is 19.2 Å². The van der Waals surface area contributed by atoms with Gasteiger partial charge in [-0.2, -0.15) is 0 Å². The van der Waals surface area contributed by atoms with E-state index in [1.165, 1.54) is 23.1 Å². The van der Waals surface area contributed by atoms with Gasteiger partial charge in [0.15, 0.2) is 5.96 Å². The van der Waals surface area contributed by atoms with Crippen molar-refractivity contribution >= 4 is 22.5 Å². The highest BCUT2D eigenvalue weighted by molar-refractivity contribution is 5.96. The van der Waals surface area contributed by atoms with Gasteiger partial charge in [0.1, 0.15) is 24.0 Å². The van der Waals surface area contributed by atoms with E-state index in [4.69, 9.17) is 14.7 Å². The summed E-state index contributed by atoms with van der Waals surface area (Å²) in [6.07, 6.45) is 2.45. The molecule has 0 radical (unpaired) electrons. The molecule has 1 aromatic heterocycles. The summed E-state index contributed by atoms with van der Waals surface area (Å²) in [5.41, 5.74) is 1.72. The van der Waals surface area contributed by atoms with E-state index < -0.39 is 0 Å². The van der Waals surface area contributed by atoms with Crippen molar-refractivity contribution in [2.24, 2.45) is 35.2 Å². The molecule has 2 heterocycles. The van der Waals surface area contributed by atoms with Crippen LogP contribution in [0.1, 0.15) is 46.4 Å². The lowest BCUT2D eigenvalue weighted by Gasteiger charge is -2.61. The predicted molar refractivity (Wildman–Crippen MR) is 161 cm³/mol. The maximum absolute atomic E-state index is 13.3. The lowest BCUT2D eigenvalue weighted by molar-refractivity contribution is -0.108. The number of hydrogen-bond donors (Lipinski definition) is 2. The Bertz CT molecular complexity index is 1520. The number of nitrogens with zero attached hydrogens (tertiary/aromatic N) is 4. The van der Waals surface area contributed by atoms with Gasteiger partial charge >= 0.3 is 0 Å². The lowest BCUT2D eigenvalue weighted by Crippen LogP contribution is -2.57. The van der Waals surface area contributed by atoms with Crippen LogP contribution in [-0.4, -0.2) is 52.1 Å². The maximum Gasteiger partial charge on any atom is 0.261 e. The topological polar surface area (TPSA) is 83.8 Å². The zero-order valence-corrected chi connectivity index (χ0v) is 24.7. The molecule has 2 aromatic carbocycles. The summed E-state index contributed by atoms with van der Waals surface area (Å²) in [5.74, 6) is 3.57. The number of guanidine groups is 1. The van der Waals surface area contributed by atoms with Crippen LogP contribution < -0.4 is 20.9 Å². The van der Waals surface area contributed by atoms with Gasteiger partial charge in [0.25, 0.3) is 5.56 Å². The highest BCUT2D eigenvalue weighted by Crippen LogP contribution is 2.61. The molecule has 41 heavy (non-hydrogen) atoms. The molecule has 9 heteroatoms. The van der Waals surface area contributed by atoms with Crippen LogP contribution in [-0.2, 0) is 13.7 Å². The fourth-order valence-corrected chi connectivity index (χ4v) is 7.10. The number of aliphatic imine (C=N–C) groups is 1. The second-order valence-corrected chi connectivity index (χ2v) is 12.8. The third-order valence-electron chi connectivity index (χ3n) is 9.88. The summed E-state index contributed by atoms with van der Waals surface area (Å²) in [5, 5.41) is 7.71. The molecule has 1 saturated heterocycles. The molecule has 3 saturated carbocycles. The molecule has 2 bridgehead atoms. The van der Waals surface area contributed by atoms with Gasteiger partial charge in [-0.15, -0.1) is 0 Å². The Balaban J connectivity index is 1.28. The molecule has 4 aliphatic rings. The number of aromatic nitrogens is 2. The van der Waals surface area contributed by atoms with Crippen molar-refractivity contribution in [3.8, 4) is 5.75 Å². The number of fused-ring (bicyclic) bond motifs is 3. The van der Waals surface area contributed by atoms with Gasteiger partial charge in [0, 0.05) is 38.4 Å². The predicted octanol–water partition coefficient (Wildman–Crippen LogP) is 4.78. The smallest absolute Gasteiger partial charge is 0.261 e. The Hall–Kier alpha value is -3.46. The summed E-state index contributed by atoms with van der Waals surface area (Å²) >= 11 is 0. The van der Waals surface area contributed by atoms with E-state index >= 15 is 0 Å². The van der Waals surface area contributed by atoms with Gasteiger partial charge < -0.3 is 20.3 Å². The van der Waals surface area contributed by atoms with E-state index in [0.717, 1.165) is 49.5 Å². The van der Waals surface area contributed by atoms with Crippen molar-refractivity contribution in [1.82, 2.24) is 19.8 Å². The van der Waals surface area contributed by atoms with Gasteiger partial charge in [-0.25, -0.2) is 14.4 Å². The molecular formula is C32H41FN6O2. The zero-order valence-electron chi connectivity index (χ0n) is 24.7. The fourth-order valence-electron chi connectivity index (χ4n) is 7.10. The van der Waals surface area contributed by atoms with Gasteiger partial charge in [0.05, 0.1) is 16.9 Å². The van der Waals surface area contributed by atoms with Crippen molar-refractivity contribution in [2.75, 3.05) is 25.0 Å². The Labute approximate surface area is 241 Å². The van der Waals surface area contributed by atoms with Gasteiger partial charge in [-0.05, 0) is 85.4 Å². The molecule has 3 aromatic rings. The molecule has 5 atom stereocenters. The average molecular weight is 561 g/mol. The highest BCUT2D eigenvalue weighted by Gasteiger charge is 2.56. The van der Waals surface area contributed by atoms with Crippen molar-refractivity contribution in [3.63, 3.8) is 0 Å². The summed E-state index contributed by atoms with van der Waals surface area (Å²) in [4.78, 5) is 25.7. The van der Waals surface area contributed by atoms with Crippen LogP contribution in [0.25, 0.3) is 10.9 Å². The first-order chi connectivity index (χ1) is 19.6. The van der Waals surface area contributed by atoms with Crippen LogP contribution in [0.15, 0.2) is 52.3 Å². The zero-order chi connectivity index (χ0) is 28.9. The number of benzene rings is 2. The molecular weight excluding hydrogens is 519 g/mol. The van der Waals surface area contributed by atoms with Gasteiger partial charge in [-0.3, -0.25) is 9.36 Å². The largest absolute Gasteiger partial charge is 0.486 e. The van der Waals surface area contributed by atoms with Crippen molar-refractivity contribution in [1.29, 1.82) is 0 Å². The first-order valence-electron chi connectivity index (χ1n) is 14.8. The summed E-state index contributed by atoms with van der Waals surface area (Å²) in [6, 6.07) is 12.2. The van der Waals surface area contributed by atoms with E-state index in [2.05, 4.69) is 43.2 Å². The minimum absolute atomic E-state index is 0.0919. The van der Waals surface area contributed by atoms with Crippen LogP contribution in [0.5, 0.6) is 5.75 Å². The Morgan fingerprint density at radius 3 is 2.68 bits per heavy atom. The van der Waals surface area contributed by atoms with Crippen LogP contribution >= 0.6 is 0 Å². The van der Waals surface area contributed by atoms with Crippen LogP contribution in [0.2, 0.25) is 0 Å². The second-order valence-electron chi connectivity index (χ2n) is 12.8. The molecule has 7 rings (SSSR count). The average Bonchev–Trinajstić information content (AvgIpc) is 2.95.